The highest BCUT2D eigenvalue weighted by atomic mass is 35.5. The molecule has 0 amide bonds. The van der Waals surface area contributed by atoms with E-state index in [-0.39, 0.29) is 11.3 Å². The van der Waals surface area contributed by atoms with Gasteiger partial charge in [-0.15, -0.1) is 10.2 Å². The van der Waals surface area contributed by atoms with E-state index in [1.165, 1.54) is 0 Å². The third-order valence-corrected chi connectivity index (χ3v) is 7.80. The van der Waals surface area contributed by atoms with E-state index in [1.807, 2.05) is 53.2 Å². The quantitative estimate of drug-likeness (QED) is 0.180. The molecule has 2 N–H and O–H groups in total. The lowest BCUT2D eigenvalue weighted by atomic mass is 9.92. The molecule has 3 aromatic heterocycles. The Balaban J connectivity index is 1.40. The molecular weight excluding hydrogens is 554 g/mol. The molecule has 0 atom stereocenters. The number of hydrogen-bond acceptors (Lipinski definition) is 7. The van der Waals surface area contributed by atoms with Crippen LogP contribution in [0.4, 0.5) is 11.5 Å². The molecule has 0 spiro atoms. The van der Waals surface area contributed by atoms with Crippen molar-refractivity contribution in [3.8, 4) is 11.4 Å². The Bertz CT molecular complexity index is 1720. The minimum atomic E-state index is -0.156. The van der Waals surface area contributed by atoms with Crippen molar-refractivity contribution in [2.24, 2.45) is 0 Å². The van der Waals surface area contributed by atoms with Crippen LogP contribution in [-0.2, 0) is 5.41 Å². The second-order valence-electron chi connectivity index (χ2n) is 11.0. The Morgan fingerprint density at radius 1 is 1.02 bits per heavy atom. The van der Waals surface area contributed by atoms with E-state index in [2.05, 4.69) is 84.8 Å². The van der Waals surface area contributed by atoms with Gasteiger partial charge < -0.3 is 15.4 Å². The maximum atomic E-state index is 6.45. The predicted molar refractivity (Wildman–Crippen MR) is 168 cm³/mol. The molecule has 3 heterocycles. The zero-order valence-corrected chi connectivity index (χ0v) is 25.6. The molecule has 0 saturated heterocycles. The zero-order chi connectivity index (χ0) is 29.3. The Kier molecular flexibility index (Phi) is 8.02. The number of methoxy groups -OCH3 is 1. The van der Waals surface area contributed by atoms with Gasteiger partial charge in [0.05, 0.1) is 29.2 Å². The zero-order valence-electron chi connectivity index (χ0n) is 24.1. The molecular formula is C31H34ClN7OS. The maximum absolute atomic E-state index is 6.45. The lowest BCUT2D eigenvalue weighted by Gasteiger charge is -2.16. The van der Waals surface area contributed by atoms with E-state index < -0.39 is 0 Å². The predicted octanol–water partition coefficient (Wildman–Crippen LogP) is 8.14. The highest BCUT2D eigenvalue weighted by Gasteiger charge is 2.21. The first kappa shape index (κ1) is 28.6. The number of para-hydroxylation sites is 1. The van der Waals surface area contributed by atoms with Gasteiger partial charge in [-0.3, -0.25) is 4.40 Å². The van der Waals surface area contributed by atoms with Crippen molar-refractivity contribution in [3.05, 3.63) is 95.8 Å². The van der Waals surface area contributed by atoms with Crippen LogP contribution in [-0.4, -0.2) is 31.5 Å². The first-order valence-electron chi connectivity index (χ1n) is 13.3. The number of hydrogen-bond donors (Lipinski definition) is 2. The fourth-order valence-electron chi connectivity index (χ4n) is 4.30. The Labute approximate surface area is 249 Å². The van der Waals surface area contributed by atoms with Gasteiger partial charge in [0.25, 0.3) is 0 Å². The van der Waals surface area contributed by atoms with Crippen LogP contribution in [0.1, 0.15) is 52.1 Å². The van der Waals surface area contributed by atoms with Gasteiger partial charge >= 0.3 is 0 Å². The monoisotopic (exact) mass is 587 g/mol. The van der Waals surface area contributed by atoms with Crippen molar-refractivity contribution in [1.82, 2.24) is 24.4 Å². The summed E-state index contributed by atoms with van der Waals surface area (Å²) in [6, 6.07) is 19.8. The van der Waals surface area contributed by atoms with Gasteiger partial charge in [-0.2, -0.15) is 5.10 Å². The fourth-order valence-corrected chi connectivity index (χ4v) is 5.47. The summed E-state index contributed by atoms with van der Waals surface area (Å²) < 4.78 is 9.22. The van der Waals surface area contributed by atoms with E-state index in [1.54, 1.807) is 18.9 Å². The minimum Gasteiger partial charge on any atom is -0.495 e. The largest absolute Gasteiger partial charge is 0.495 e. The van der Waals surface area contributed by atoms with E-state index >= 15 is 0 Å². The molecule has 0 saturated carbocycles. The molecule has 41 heavy (non-hydrogen) atoms. The minimum absolute atomic E-state index is 0.156. The van der Waals surface area contributed by atoms with E-state index in [0.717, 1.165) is 44.1 Å². The molecule has 5 aromatic rings. The van der Waals surface area contributed by atoms with Gasteiger partial charge in [0.2, 0.25) is 0 Å². The number of nitrogens with zero attached hydrogens (tertiary/aromatic N) is 5. The SMILES string of the molecule is C=C(Nc1ccccc1Sc1ccc2nnc(C(C)C)n2c1)Nc1cc(C(C)(C)C)nn1-c1ccc(OC)c(Cl)c1. The molecule has 10 heteroatoms. The first-order valence-corrected chi connectivity index (χ1v) is 14.5. The fraction of sp³-hybridized carbons (Fsp3) is 0.258. The van der Waals surface area contributed by atoms with Crippen LogP contribution in [0.25, 0.3) is 11.3 Å². The number of nitrogens with one attached hydrogen (secondary N) is 2. The molecule has 2 aromatic carbocycles. The van der Waals surface area contributed by atoms with Gasteiger partial charge in [0, 0.05) is 33.4 Å². The van der Waals surface area contributed by atoms with Gasteiger partial charge in [-0.25, -0.2) is 4.68 Å². The van der Waals surface area contributed by atoms with Crippen molar-refractivity contribution >= 4 is 40.5 Å². The number of benzene rings is 2. The highest BCUT2D eigenvalue weighted by Crippen LogP contribution is 2.35. The summed E-state index contributed by atoms with van der Waals surface area (Å²) in [7, 11) is 1.60. The standard InChI is InChI=1S/C31H34ClN7OS/c1-19(2)30-36-35-28-15-13-22(18-38(28)30)41-26-11-9-8-10-24(26)33-20(3)34-29-17-27(31(4,5)6)37-39(29)21-12-14-25(40-7)23(32)16-21/h8-19,33-34H,3H2,1-2,4-7H3. The molecule has 0 unspecified atom stereocenters. The number of fused-ring (bicyclic) bond motifs is 1. The lowest BCUT2D eigenvalue weighted by Crippen LogP contribution is -2.13. The van der Waals surface area contributed by atoms with Crippen molar-refractivity contribution in [3.63, 3.8) is 0 Å². The van der Waals surface area contributed by atoms with Crippen LogP contribution in [0.3, 0.4) is 0 Å². The van der Waals surface area contributed by atoms with Crippen LogP contribution in [0.5, 0.6) is 5.75 Å². The Morgan fingerprint density at radius 2 is 1.80 bits per heavy atom. The normalized spacial score (nSPS) is 11.7. The highest BCUT2D eigenvalue weighted by molar-refractivity contribution is 7.99. The molecule has 0 aliphatic carbocycles. The molecule has 0 aliphatic rings. The number of anilines is 2. The Hall–Kier alpha value is -3.95. The molecule has 5 rings (SSSR count). The van der Waals surface area contributed by atoms with Crippen molar-refractivity contribution < 1.29 is 4.74 Å². The number of halogens is 1. The molecule has 0 aliphatic heterocycles. The van der Waals surface area contributed by atoms with Crippen LogP contribution in [0.2, 0.25) is 5.02 Å². The van der Waals surface area contributed by atoms with Gasteiger partial charge in [-0.05, 0) is 42.5 Å². The molecule has 212 valence electrons. The molecule has 0 radical (unpaired) electrons. The van der Waals surface area contributed by atoms with E-state index in [4.69, 9.17) is 21.4 Å². The summed E-state index contributed by atoms with van der Waals surface area (Å²) in [5.41, 5.74) is 3.35. The summed E-state index contributed by atoms with van der Waals surface area (Å²) in [6.07, 6.45) is 2.09. The summed E-state index contributed by atoms with van der Waals surface area (Å²) in [5, 5.41) is 20.9. The lowest BCUT2D eigenvalue weighted by molar-refractivity contribution is 0.415. The summed E-state index contributed by atoms with van der Waals surface area (Å²) in [4.78, 5) is 2.14. The van der Waals surface area contributed by atoms with Gasteiger partial charge in [0.1, 0.15) is 23.2 Å². The third-order valence-electron chi connectivity index (χ3n) is 6.46. The summed E-state index contributed by atoms with van der Waals surface area (Å²) in [6.45, 7) is 14.9. The summed E-state index contributed by atoms with van der Waals surface area (Å²) >= 11 is 8.11. The first-order chi connectivity index (χ1) is 19.5. The van der Waals surface area contributed by atoms with Crippen molar-refractivity contribution in [2.75, 3.05) is 17.7 Å². The average molecular weight is 588 g/mol. The van der Waals surface area contributed by atoms with E-state index in [9.17, 15) is 0 Å². The van der Waals surface area contributed by atoms with Gasteiger partial charge in [0.15, 0.2) is 5.65 Å². The molecule has 8 nitrogen and oxygen atoms in total. The number of aromatic nitrogens is 5. The van der Waals surface area contributed by atoms with Crippen molar-refractivity contribution in [2.45, 2.75) is 55.7 Å². The van der Waals surface area contributed by atoms with Crippen molar-refractivity contribution in [1.29, 1.82) is 0 Å². The second-order valence-corrected chi connectivity index (χ2v) is 12.6. The van der Waals surface area contributed by atoms with Crippen LogP contribution in [0, 0.1) is 0 Å². The smallest absolute Gasteiger partial charge is 0.160 e. The number of pyridine rings is 1. The Morgan fingerprint density at radius 3 is 2.51 bits per heavy atom. The van der Waals surface area contributed by atoms with Gasteiger partial charge in [-0.1, -0.05) is 76.7 Å². The van der Waals surface area contributed by atoms with Crippen LogP contribution >= 0.6 is 23.4 Å². The van der Waals surface area contributed by atoms with E-state index in [0.29, 0.717) is 16.6 Å². The van der Waals surface area contributed by atoms with Crippen LogP contribution < -0.4 is 15.4 Å². The topological polar surface area (TPSA) is 81.3 Å². The van der Waals surface area contributed by atoms with Crippen LogP contribution in [0.15, 0.2) is 89.1 Å². The molecule has 0 bridgehead atoms. The second kappa shape index (κ2) is 11.5. The number of ether oxygens (including phenoxy) is 1. The third kappa shape index (κ3) is 6.21. The summed E-state index contributed by atoms with van der Waals surface area (Å²) in [5.74, 6) is 3.19. The molecule has 0 fully saturated rings. The maximum Gasteiger partial charge on any atom is 0.160 e. The number of rotatable bonds is 9. The average Bonchev–Trinajstić information content (AvgIpc) is 3.54.